The van der Waals surface area contributed by atoms with Gasteiger partial charge >= 0.3 is 132 Å². The zero-order chi connectivity index (χ0) is 15.9. The molecule has 0 saturated carbocycles. The van der Waals surface area contributed by atoms with E-state index in [2.05, 4.69) is 60.8 Å². The van der Waals surface area contributed by atoms with Gasteiger partial charge in [-0.05, 0) is 0 Å². The fourth-order valence-electron chi connectivity index (χ4n) is 2.93. The fourth-order valence-corrected chi connectivity index (χ4v) is 4.59. The van der Waals surface area contributed by atoms with Gasteiger partial charge in [0.2, 0.25) is 0 Å². The molecule has 1 unspecified atom stereocenters. The summed E-state index contributed by atoms with van der Waals surface area (Å²) in [6.45, 7) is 3.35. The van der Waals surface area contributed by atoms with E-state index in [-0.39, 0.29) is 0 Å². The van der Waals surface area contributed by atoms with E-state index >= 15 is 0 Å². The van der Waals surface area contributed by atoms with Crippen molar-refractivity contribution in [3.8, 4) is 0 Å². The van der Waals surface area contributed by atoms with E-state index in [1.165, 1.54) is 46.9 Å². The maximum atomic E-state index is 3.57. The van der Waals surface area contributed by atoms with Crippen LogP contribution in [0.2, 0.25) is 0 Å². The third-order valence-corrected chi connectivity index (χ3v) is 6.80. The quantitative estimate of drug-likeness (QED) is 0.373. The van der Waals surface area contributed by atoms with Crippen molar-refractivity contribution in [1.29, 1.82) is 0 Å². The number of nitrogens with one attached hydrogen (secondary N) is 1. The monoisotopic (exact) mass is 420 g/mol. The normalized spacial score (nSPS) is 16.7. The molecule has 0 aromatic heterocycles. The number of halogens is 1. The first-order chi connectivity index (χ1) is 11.3. The van der Waals surface area contributed by atoms with Crippen LogP contribution in [0.15, 0.2) is 48.5 Å². The molecule has 0 spiro atoms. The molecule has 1 N–H and O–H groups in total. The summed E-state index contributed by atoms with van der Waals surface area (Å²) in [4.78, 5) is 0. The van der Waals surface area contributed by atoms with Crippen LogP contribution in [0, 0.1) is 0 Å². The number of unbranched alkanes of at least 4 members (excludes halogenated alkanes) is 3. The van der Waals surface area contributed by atoms with Gasteiger partial charge in [-0.1, -0.05) is 19.8 Å². The van der Waals surface area contributed by atoms with E-state index in [0.29, 0.717) is 21.2 Å². The Morgan fingerprint density at radius 1 is 1.00 bits per heavy atom. The van der Waals surface area contributed by atoms with Gasteiger partial charge < -0.3 is 0 Å². The molecule has 1 saturated heterocycles. The summed E-state index contributed by atoms with van der Waals surface area (Å²) in [6, 6.07) is 18.2. The van der Waals surface area contributed by atoms with E-state index in [1.54, 1.807) is 5.56 Å². The number of anilines is 1. The van der Waals surface area contributed by atoms with Crippen molar-refractivity contribution in [2.24, 2.45) is 0 Å². The molecular formula is C21H27IN-. The molecule has 2 aromatic carbocycles. The molecule has 2 aromatic rings. The predicted octanol–water partition coefficient (Wildman–Crippen LogP) is 2.41. The molecule has 0 bridgehead atoms. The summed E-state index contributed by atoms with van der Waals surface area (Å²) in [5.41, 5.74) is 5.72. The predicted molar refractivity (Wildman–Crippen MR) is 95.9 cm³/mol. The third-order valence-electron chi connectivity index (χ3n) is 4.32. The Balaban J connectivity index is 1.55. The number of benzene rings is 2. The Labute approximate surface area is 151 Å². The fraction of sp³-hybridized carbons (Fsp3) is 0.429. The zero-order valence-corrected chi connectivity index (χ0v) is 16.2. The van der Waals surface area contributed by atoms with E-state index in [0.717, 1.165) is 16.9 Å². The molecular weight excluding hydrogens is 393 g/mol. The number of hydrogen-bond donors (Lipinski definition) is 1. The summed E-state index contributed by atoms with van der Waals surface area (Å²) in [7, 11) is 0. The van der Waals surface area contributed by atoms with Crippen molar-refractivity contribution in [1.82, 2.24) is 0 Å². The molecule has 1 heterocycles. The van der Waals surface area contributed by atoms with Gasteiger partial charge in [0.15, 0.2) is 0 Å². The second kappa shape index (κ2) is 8.72. The minimum atomic E-state index is 0.495. The van der Waals surface area contributed by atoms with Crippen LogP contribution in [-0.4, -0.2) is 11.0 Å². The average molecular weight is 420 g/mol. The zero-order valence-electron chi connectivity index (χ0n) is 14.0. The number of hydrogen-bond acceptors (Lipinski definition) is 1. The third kappa shape index (κ3) is 5.52. The molecule has 23 heavy (non-hydrogen) atoms. The van der Waals surface area contributed by atoms with Crippen LogP contribution in [0.25, 0.3) is 0 Å². The Morgan fingerprint density at radius 3 is 2.57 bits per heavy atom. The van der Waals surface area contributed by atoms with Gasteiger partial charge in [0.25, 0.3) is 0 Å². The van der Waals surface area contributed by atoms with Gasteiger partial charge in [0.1, 0.15) is 0 Å². The van der Waals surface area contributed by atoms with Crippen molar-refractivity contribution in [2.45, 2.75) is 43.0 Å². The molecule has 0 amide bonds. The van der Waals surface area contributed by atoms with Crippen LogP contribution in [0.1, 0.15) is 53.2 Å². The topological polar surface area (TPSA) is 12.0 Å². The summed E-state index contributed by atoms with van der Waals surface area (Å²) in [5, 5.41) is 3.57. The first kappa shape index (κ1) is 16.8. The summed E-state index contributed by atoms with van der Waals surface area (Å²) in [5.74, 6) is 0. The van der Waals surface area contributed by atoms with Crippen LogP contribution < -0.4 is 26.5 Å². The summed E-state index contributed by atoms with van der Waals surface area (Å²) in [6.07, 6.45) is 6.30. The van der Waals surface area contributed by atoms with Crippen LogP contribution >= 0.6 is 0 Å². The second-order valence-electron chi connectivity index (χ2n) is 6.39. The number of rotatable bonds is 9. The maximum absolute atomic E-state index is 3.57. The molecule has 1 aliphatic rings. The molecule has 3 rings (SSSR count). The standard InChI is InChI=1S/C21H27IN/c1-2-3-4-5-12-23-20-11-7-9-18(15-20)13-17-8-6-10-19(14-17)21-16-22-21/h6-11,14-15,21,23H,2-5,12-13,16H2,1H3/q-1. The van der Waals surface area contributed by atoms with Crippen LogP contribution in [-0.2, 0) is 6.42 Å². The Bertz CT molecular complexity index is 619. The second-order valence-corrected chi connectivity index (χ2v) is 9.65. The van der Waals surface area contributed by atoms with Gasteiger partial charge in [0, 0.05) is 0 Å². The Kier molecular flexibility index (Phi) is 6.37. The van der Waals surface area contributed by atoms with E-state index < -0.39 is 0 Å². The van der Waals surface area contributed by atoms with E-state index in [9.17, 15) is 0 Å². The van der Waals surface area contributed by atoms with Crippen LogP contribution in [0.4, 0.5) is 5.69 Å². The van der Waals surface area contributed by atoms with E-state index in [4.69, 9.17) is 0 Å². The first-order valence-corrected chi connectivity index (χ1v) is 11.6. The van der Waals surface area contributed by atoms with Gasteiger partial charge in [-0.15, -0.1) is 0 Å². The van der Waals surface area contributed by atoms with Gasteiger partial charge in [-0.2, -0.15) is 0 Å². The molecule has 1 aliphatic heterocycles. The van der Waals surface area contributed by atoms with Crippen molar-refractivity contribution < 1.29 is 21.2 Å². The molecule has 1 atom stereocenters. The molecule has 124 valence electrons. The summed E-state index contributed by atoms with van der Waals surface area (Å²) < 4.78 is 2.43. The molecule has 1 fully saturated rings. The molecule has 0 aliphatic carbocycles. The van der Waals surface area contributed by atoms with Gasteiger partial charge in [0.05, 0.1) is 0 Å². The SMILES string of the molecule is CCCCCCNc1cccc(Cc2cccc(C3C[I-]3)c2)c1. The molecule has 1 nitrogen and oxygen atoms in total. The van der Waals surface area contributed by atoms with Crippen LogP contribution in [0.5, 0.6) is 0 Å². The van der Waals surface area contributed by atoms with E-state index in [1.807, 2.05) is 0 Å². The van der Waals surface area contributed by atoms with Crippen LogP contribution in [0.3, 0.4) is 0 Å². The first-order valence-electron chi connectivity index (χ1n) is 8.84. The van der Waals surface area contributed by atoms with Gasteiger partial charge in [-0.3, -0.25) is 0 Å². The Hall–Kier alpha value is -1.03. The summed E-state index contributed by atoms with van der Waals surface area (Å²) >= 11 is 0.495. The van der Waals surface area contributed by atoms with Crippen molar-refractivity contribution >= 4 is 5.69 Å². The Morgan fingerprint density at radius 2 is 1.78 bits per heavy atom. The minimum absolute atomic E-state index is 0.495. The average Bonchev–Trinajstić information content (AvgIpc) is 3.40. The molecule has 2 heteroatoms. The van der Waals surface area contributed by atoms with Crippen molar-refractivity contribution in [3.05, 3.63) is 65.2 Å². The number of alkyl halides is 2. The van der Waals surface area contributed by atoms with Crippen molar-refractivity contribution in [2.75, 3.05) is 16.3 Å². The van der Waals surface area contributed by atoms with Gasteiger partial charge in [-0.25, -0.2) is 0 Å². The van der Waals surface area contributed by atoms with Crippen molar-refractivity contribution in [3.63, 3.8) is 0 Å². The molecule has 0 radical (unpaired) electrons.